The SMILES string of the molecule is CCCCCOC(=O)c1c(C)oc2cc(C)c(NS(=O)(=O)c3ccc(Cl)cc3)cc12. The van der Waals surface area contributed by atoms with Crippen LogP contribution in [-0.4, -0.2) is 21.0 Å². The molecule has 0 atom stereocenters. The summed E-state index contributed by atoms with van der Waals surface area (Å²) in [6, 6.07) is 9.20. The number of aryl methyl sites for hydroxylation is 2. The summed E-state index contributed by atoms with van der Waals surface area (Å²) >= 11 is 5.85. The van der Waals surface area contributed by atoms with Crippen LogP contribution < -0.4 is 4.72 Å². The van der Waals surface area contributed by atoms with E-state index in [1.54, 1.807) is 26.0 Å². The number of unbranched alkanes of at least 4 members (excludes halogenated alkanes) is 2. The van der Waals surface area contributed by atoms with Gasteiger partial charge in [-0.05, 0) is 62.2 Å². The minimum Gasteiger partial charge on any atom is -0.462 e. The maximum Gasteiger partial charge on any atom is 0.342 e. The Labute approximate surface area is 181 Å². The number of rotatable bonds is 8. The van der Waals surface area contributed by atoms with Crippen molar-refractivity contribution < 1.29 is 22.4 Å². The van der Waals surface area contributed by atoms with E-state index >= 15 is 0 Å². The monoisotopic (exact) mass is 449 g/mol. The maximum atomic E-state index is 12.8. The third-order valence-electron chi connectivity index (χ3n) is 4.76. The summed E-state index contributed by atoms with van der Waals surface area (Å²) in [7, 11) is -3.82. The zero-order valence-electron chi connectivity index (χ0n) is 17.1. The number of esters is 1. The smallest absolute Gasteiger partial charge is 0.342 e. The fraction of sp³-hybridized carbons (Fsp3) is 0.318. The fourth-order valence-electron chi connectivity index (χ4n) is 3.14. The van der Waals surface area contributed by atoms with Crippen molar-refractivity contribution in [3.8, 4) is 0 Å². The largest absolute Gasteiger partial charge is 0.462 e. The van der Waals surface area contributed by atoms with Gasteiger partial charge in [0.05, 0.1) is 17.2 Å². The van der Waals surface area contributed by atoms with Crippen LogP contribution in [0.1, 0.15) is 47.9 Å². The van der Waals surface area contributed by atoms with Gasteiger partial charge in [-0.25, -0.2) is 13.2 Å². The number of hydrogen-bond donors (Lipinski definition) is 1. The molecule has 0 fully saturated rings. The highest BCUT2D eigenvalue weighted by Crippen LogP contribution is 2.32. The number of sulfonamides is 1. The van der Waals surface area contributed by atoms with Crippen LogP contribution in [-0.2, 0) is 14.8 Å². The molecule has 0 aliphatic rings. The maximum absolute atomic E-state index is 12.8. The van der Waals surface area contributed by atoms with Crippen LogP contribution >= 0.6 is 11.6 Å². The lowest BCUT2D eigenvalue weighted by Gasteiger charge is -2.11. The Hall–Kier alpha value is -2.51. The summed E-state index contributed by atoms with van der Waals surface area (Å²) in [6.07, 6.45) is 2.80. The second-order valence-corrected chi connectivity index (χ2v) is 9.22. The van der Waals surface area contributed by atoms with Gasteiger partial charge in [-0.15, -0.1) is 0 Å². The molecule has 0 spiro atoms. The molecular formula is C22H24ClNO5S. The van der Waals surface area contributed by atoms with Crippen molar-refractivity contribution in [2.75, 3.05) is 11.3 Å². The zero-order valence-corrected chi connectivity index (χ0v) is 18.7. The van der Waals surface area contributed by atoms with Crippen LogP contribution in [0.3, 0.4) is 0 Å². The average Bonchev–Trinajstić information content (AvgIpc) is 3.00. The summed E-state index contributed by atoms with van der Waals surface area (Å²) in [6.45, 7) is 5.86. The molecule has 0 aliphatic heterocycles. The number of carbonyl (C=O) groups is 1. The minimum atomic E-state index is -3.82. The molecule has 0 unspecified atom stereocenters. The molecule has 0 aliphatic carbocycles. The summed E-state index contributed by atoms with van der Waals surface area (Å²) in [4.78, 5) is 12.7. The number of nitrogens with one attached hydrogen (secondary N) is 1. The van der Waals surface area contributed by atoms with Crippen LogP contribution in [0.25, 0.3) is 11.0 Å². The number of ether oxygens (including phenoxy) is 1. The minimum absolute atomic E-state index is 0.0883. The highest BCUT2D eigenvalue weighted by Gasteiger charge is 2.22. The van der Waals surface area contributed by atoms with Gasteiger partial charge in [-0.2, -0.15) is 0 Å². The number of halogens is 1. The Morgan fingerprint density at radius 2 is 1.83 bits per heavy atom. The lowest BCUT2D eigenvalue weighted by Crippen LogP contribution is -2.13. The number of benzene rings is 2. The van der Waals surface area contributed by atoms with Crippen molar-refractivity contribution in [3.05, 3.63) is 58.3 Å². The highest BCUT2D eigenvalue weighted by molar-refractivity contribution is 7.92. The van der Waals surface area contributed by atoms with E-state index < -0.39 is 16.0 Å². The van der Waals surface area contributed by atoms with Gasteiger partial charge in [0.15, 0.2) is 0 Å². The number of anilines is 1. The van der Waals surface area contributed by atoms with Crippen molar-refractivity contribution in [2.24, 2.45) is 0 Å². The average molecular weight is 450 g/mol. The fourth-order valence-corrected chi connectivity index (χ4v) is 4.38. The van der Waals surface area contributed by atoms with Crippen LogP contribution in [0.4, 0.5) is 5.69 Å². The van der Waals surface area contributed by atoms with Crippen molar-refractivity contribution in [3.63, 3.8) is 0 Å². The number of fused-ring (bicyclic) bond motifs is 1. The van der Waals surface area contributed by atoms with Gasteiger partial charge in [-0.1, -0.05) is 31.4 Å². The quantitative estimate of drug-likeness (QED) is 0.344. The van der Waals surface area contributed by atoms with Crippen molar-refractivity contribution in [1.29, 1.82) is 0 Å². The Balaban J connectivity index is 1.93. The van der Waals surface area contributed by atoms with Crippen LogP contribution in [0, 0.1) is 13.8 Å². The molecule has 2 aromatic carbocycles. The second-order valence-electron chi connectivity index (χ2n) is 7.10. The van der Waals surface area contributed by atoms with E-state index in [1.807, 2.05) is 0 Å². The zero-order chi connectivity index (χ0) is 21.9. The predicted octanol–water partition coefficient (Wildman–Crippen LogP) is 5.85. The Bertz CT molecular complexity index is 1170. The molecule has 1 aromatic heterocycles. The first-order chi connectivity index (χ1) is 14.2. The van der Waals surface area contributed by atoms with E-state index in [9.17, 15) is 13.2 Å². The summed E-state index contributed by atoms with van der Waals surface area (Å²) in [5.74, 6) is -0.0414. The lowest BCUT2D eigenvalue weighted by atomic mass is 10.1. The van der Waals surface area contributed by atoms with E-state index in [0.29, 0.717) is 45.2 Å². The van der Waals surface area contributed by atoms with E-state index in [0.717, 1.165) is 19.3 Å². The predicted molar refractivity (Wildman–Crippen MR) is 118 cm³/mol. The standard InChI is InChI=1S/C22H24ClNO5S/c1-4-5-6-11-28-22(25)21-15(3)29-20-12-14(2)19(13-18(20)21)24-30(26,27)17-9-7-16(23)8-10-17/h7-10,12-13,24H,4-6,11H2,1-3H3. The van der Waals surface area contributed by atoms with Gasteiger partial charge in [0.25, 0.3) is 10.0 Å². The van der Waals surface area contributed by atoms with Gasteiger partial charge in [0.2, 0.25) is 0 Å². The van der Waals surface area contributed by atoms with Crippen LogP contribution in [0.2, 0.25) is 5.02 Å². The molecule has 0 saturated heterocycles. The van der Waals surface area contributed by atoms with Crippen molar-refractivity contribution in [2.45, 2.75) is 44.9 Å². The molecule has 3 rings (SSSR count). The first-order valence-corrected chi connectivity index (χ1v) is 11.6. The third-order valence-corrected chi connectivity index (χ3v) is 6.40. The van der Waals surface area contributed by atoms with Gasteiger partial charge < -0.3 is 9.15 Å². The summed E-state index contributed by atoms with van der Waals surface area (Å²) in [5.41, 5.74) is 1.84. The Morgan fingerprint density at radius 1 is 1.13 bits per heavy atom. The van der Waals surface area contributed by atoms with Crippen molar-refractivity contribution in [1.82, 2.24) is 0 Å². The molecule has 1 N–H and O–H groups in total. The van der Waals surface area contributed by atoms with E-state index in [1.165, 1.54) is 24.3 Å². The van der Waals surface area contributed by atoms with E-state index in [2.05, 4.69) is 11.6 Å². The van der Waals surface area contributed by atoms with E-state index in [4.69, 9.17) is 20.8 Å². The van der Waals surface area contributed by atoms with E-state index in [-0.39, 0.29) is 4.90 Å². The molecule has 1 heterocycles. The first-order valence-electron chi connectivity index (χ1n) is 9.72. The number of carbonyl (C=O) groups excluding carboxylic acids is 1. The van der Waals surface area contributed by atoms with Gasteiger partial charge in [0.1, 0.15) is 16.9 Å². The lowest BCUT2D eigenvalue weighted by molar-refractivity contribution is 0.0498. The van der Waals surface area contributed by atoms with Crippen LogP contribution in [0.15, 0.2) is 45.7 Å². The third kappa shape index (κ3) is 4.79. The molecule has 8 heteroatoms. The molecule has 30 heavy (non-hydrogen) atoms. The highest BCUT2D eigenvalue weighted by atomic mass is 35.5. The van der Waals surface area contributed by atoms with Gasteiger partial charge >= 0.3 is 5.97 Å². The molecule has 0 saturated carbocycles. The number of hydrogen-bond acceptors (Lipinski definition) is 5. The molecule has 0 amide bonds. The van der Waals surface area contributed by atoms with Gasteiger partial charge in [-0.3, -0.25) is 4.72 Å². The van der Waals surface area contributed by atoms with Crippen LogP contribution in [0.5, 0.6) is 0 Å². The van der Waals surface area contributed by atoms with Gasteiger partial charge in [0, 0.05) is 10.4 Å². The Morgan fingerprint density at radius 3 is 2.50 bits per heavy atom. The molecule has 6 nitrogen and oxygen atoms in total. The number of furan rings is 1. The summed E-state index contributed by atoms with van der Waals surface area (Å²) in [5, 5.41) is 0.954. The topological polar surface area (TPSA) is 85.6 Å². The normalized spacial score (nSPS) is 11.6. The molecular weight excluding hydrogens is 426 g/mol. The Kier molecular flexibility index (Phi) is 6.73. The first kappa shape index (κ1) is 22.2. The molecule has 0 radical (unpaired) electrons. The molecule has 160 valence electrons. The second kappa shape index (κ2) is 9.10. The van der Waals surface area contributed by atoms with Crippen molar-refractivity contribution >= 4 is 44.3 Å². The molecule has 3 aromatic rings. The molecule has 0 bridgehead atoms. The summed E-state index contributed by atoms with van der Waals surface area (Å²) < 4.78 is 39.2.